The largest absolute Gasteiger partial charge is 0.356 e. The number of hydrogen-bond acceptors (Lipinski definition) is 4. The van der Waals surface area contributed by atoms with Gasteiger partial charge in [-0.25, -0.2) is 5.01 Å². The van der Waals surface area contributed by atoms with Gasteiger partial charge in [-0.1, -0.05) is 23.7 Å². The van der Waals surface area contributed by atoms with Crippen molar-refractivity contribution in [1.29, 1.82) is 5.26 Å². The van der Waals surface area contributed by atoms with Crippen molar-refractivity contribution in [2.75, 3.05) is 19.6 Å². The van der Waals surface area contributed by atoms with Gasteiger partial charge in [-0.15, -0.1) is 0 Å². The Kier molecular flexibility index (Phi) is 8.59. The summed E-state index contributed by atoms with van der Waals surface area (Å²) in [5, 5.41) is 21.1. The molecule has 1 aromatic carbocycles. The van der Waals surface area contributed by atoms with E-state index in [-0.39, 0.29) is 5.91 Å². The molecule has 0 saturated heterocycles. The standard InChI is InChI=1S/C19H25ClN6O/c1-2-22-19(24-14-21)23-12-4-3-5-13-26-18(27)11-10-17(25-26)15-6-8-16(20)9-7-15/h6-9H,2-5,10-13H2,1H3,(H2,22,23,24). The molecule has 0 unspecified atom stereocenters. The molecule has 2 rings (SSSR count). The number of hydrazone groups is 1. The van der Waals surface area contributed by atoms with Crippen molar-refractivity contribution in [2.24, 2.45) is 10.1 Å². The van der Waals surface area contributed by atoms with Crippen LogP contribution in [0.25, 0.3) is 0 Å². The number of nitrogens with one attached hydrogen (secondary N) is 2. The van der Waals surface area contributed by atoms with E-state index in [1.807, 2.05) is 37.4 Å². The first kappa shape index (κ1) is 20.7. The topological polar surface area (TPSA) is 92.9 Å². The molecule has 1 aromatic rings. The number of amides is 1. The Morgan fingerprint density at radius 1 is 1.30 bits per heavy atom. The van der Waals surface area contributed by atoms with Crippen LogP contribution in [0, 0.1) is 11.5 Å². The summed E-state index contributed by atoms with van der Waals surface area (Å²) in [6.45, 7) is 3.86. The van der Waals surface area contributed by atoms with Gasteiger partial charge in [0.25, 0.3) is 0 Å². The summed E-state index contributed by atoms with van der Waals surface area (Å²) in [5.41, 5.74) is 1.93. The minimum atomic E-state index is 0.0708. The van der Waals surface area contributed by atoms with E-state index < -0.39 is 0 Å². The highest BCUT2D eigenvalue weighted by Crippen LogP contribution is 2.18. The highest BCUT2D eigenvalue weighted by molar-refractivity contribution is 6.30. The van der Waals surface area contributed by atoms with E-state index in [4.69, 9.17) is 16.9 Å². The van der Waals surface area contributed by atoms with E-state index in [0.717, 1.165) is 37.1 Å². The van der Waals surface area contributed by atoms with Crippen molar-refractivity contribution in [2.45, 2.75) is 39.0 Å². The van der Waals surface area contributed by atoms with Gasteiger partial charge in [0, 0.05) is 37.5 Å². The van der Waals surface area contributed by atoms with Crippen LogP contribution in [0.3, 0.4) is 0 Å². The molecule has 0 atom stereocenters. The van der Waals surface area contributed by atoms with Gasteiger partial charge in [0.05, 0.1) is 5.71 Å². The second-order valence-corrected chi connectivity index (χ2v) is 6.55. The number of hydrogen-bond donors (Lipinski definition) is 2. The van der Waals surface area contributed by atoms with Crippen molar-refractivity contribution < 1.29 is 4.79 Å². The maximum absolute atomic E-state index is 12.1. The summed E-state index contributed by atoms with van der Waals surface area (Å²) in [7, 11) is 0. The summed E-state index contributed by atoms with van der Waals surface area (Å²) in [5.74, 6) is 0.574. The number of rotatable bonds is 8. The van der Waals surface area contributed by atoms with E-state index in [1.165, 1.54) is 0 Å². The zero-order chi connectivity index (χ0) is 19.5. The molecule has 8 heteroatoms. The molecule has 0 spiro atoms. The molecule has 1 aliphatic heterocycles. The highest BCUT2D eigenvalue weighted by atomic mass is 35.5. The summed E-state index contributed by atoms with van der Waals surface area (Å²) in [6.07, 6.45) is 5.76. The third kappa shape index (κ3) is 6.91. The van der Waals surface area contributed by atoms with E-state index in [0.29, 0.717) is 36.9 Å². The number of guanidine groups is 1. The fourth-order valence-corrected chi connectivity index (χ4v) is 2.87. The lowest BCUT2D eigenvalue weighted by molar-refractivity contribution is -0.131. The van der Waals surface area contributed by atoms with Crippen LogP contribution in [0.15, 0.2) is 34.4 Å². The van der Waals surface area contributed by atoms with E-state index in [9.17, 15) is 4.79 Å². The van der Waals surface area contributed by atoms with Gasteiger partial charge in [0.1, 0.15) is 0 Å². The molecule has 0 aromatic heterocycles. The van der Waals surface area contributed by atoms with Crippen molar-refractivity contribution in [1.82, 2.24) is 15.6 Å². The molecular formula is C19H25ClN6O. The Labute approximate surface area is 165 Å². The molecule has 0 fully saturated rings. The summed E-state index contributed by atoms with van der Waals surface area (Å²) < 4.78 is 0. The van der Waals surface area contributed by atoms with Gasteiger partial charge in [0.2, 0.25) is 11.9 Å². The SMILES string of the molecule is CC/N=C(\NC#N)NCCCCCN1N=C(c2ccc(Cl)cc2)CCC1=O. The first-order valence-electron chi connectivity index (χ1n) is 9.21. The Hall–Kier alpha value is -2.59. The summed E-state index contributed by atoms with van der Waals surface area (Å²) >= 11 is 5.93. The zero-order valence-corrected chi connectivity index (χ0v) is 16.3. The lowest BCUT2D eigenvalue weighted by Crippen LogP contribution is -2.35. The maximum atomic E-state index is 12.1. The predicted molar refractivity (Wildman–Crippen MR) is 108 cm³/mol. The number of halogens is 1. The summed E-state index contributed by atoms with van der Waals surface area (Å²) in [4.78, 5) is 16.3. The van der Waals surface area contributed by atoms with Crippen molar-refractivity contribution >= 4 is 29.2 Å². The number of carbonyl (C=O) groups is 1. The Morgan fingerprint density at radius 3 is 2.78 bits per heavy atom. The molecule has 0 saturated carbocycles. The molecule has 0 radical (unpaired) electrons. The van der Waals surface area contributed by atoms with Crippen LogP contribution in [-0.2, 0) is 4.79 Å². The van der Waals surface area contributed by atoms with Gasteiger partial charge in [-0.05, 0) is 43.9 Å². The van der Waals surface area contributed by atoms with Crippen LogP contribution in [0.1, 0.15) is 44.6 Å². The Balaban J connectivity index is 1.76. The quantitative estimate of drug-likeness (QED) is 0.235. The first-order valence-corrected chi connectivity index (χ1v) is 9.59. The van der Waals surface area contributed by atoms with Gasteiger partial charge < -0.3 is 5.32 Å². The minimum Gasteiger partial charge on any atom is -0.356 e. The normalized spacial score (nSPS) is 14.6. The average molecular weight is 389 g/mol. The van der Waals surface area contributed by atoms with Gasteiger partial charge in [0.15, 0.2) is 6.19 Å². The van der Waals surface area contributed by atoms with Crippen molar-refractivity contribution in [3.63, 3.8) is 0 Å². The minimum absolute atomic E-state index is 0.0708. The van der Waals surface area contributed by atoms with Crippen molar-refractivity contribution in [3.05, 3.63) is 34.9 Å². The molecule has 0 bridgehead atoms. The van der Waals surface area contributed by atoms with Crippen LogP contribution < -0.4 is 10.6 Å². The maximum Gasteiger partial charge on any atom is 0.243 e. The van der Waals surface area contributed by atoms with Gasteiger partial charge in [-0.2, -0.15) is 10.4 Å². The molecule has 27 heavy (non-hydrogen) atoms. The number of unbranched alkanes of at least 4 members (excludes halogenated alkanes) is 2. The second-order valence-electron chi connectivity index (χ2n) is 6.12. The lowest BCUT2D eigenvalue weighted by atomic mass is 10.0. The third-order valence-electron chi connectivity index (χ3n) is 4.11. The number of aliphatic imine (C=N–C) groups is 1. The third-order valence-corrected chi connectivity index (χ3v) is 4.36. The molecule has 1 heterocycles. The van der Waals surface area contributed by atoms with Crippen LogP contribution in [0.4, 0.5) is 0 Å². The van der Waals surface area contributed by atoms with Crippen LogP contribution >= 0.6 is 11.6 Å². The highest BCUT2D eigenvalue weighted by Gasteiger charge is 2.20. The zero-order valence-electron chi connectivity index (χ0n) is 15.5. The average Bonchev–Trinajstić information content (AvgIpc) is 2.67. The van der Waals surface area contributed by atoms with Crippen LogP contribution in [-0.4, -0.2) is 42.2 Å². The predicted octanol–water partition coefficient (Wildman–Crippen LogP) is 2.87. The van der Waals surface area contributed by atoms with Crippen LogP contribution in [0.5, 0.6) is 0 Å². The van der Waals surface area contributed by atoms with Gasteiger partial charge in [-0.3, -0.25) is 15.1 Å². The second kappa shape index (κ2) is 11.2. The monoisotopic (exact) mass is 388 g/mol. The number of benzene rings is 1. The number of carbonyl (C=O) groups excluding carboxylic acids is 1. The van der Waals surface area contributed by atoms with E-state index in [1.54, 1.807) is 5.01 Å². The molecule has 2 N–H and O–H groups in total. The van der Waals surface area contributed by atoms with Gasteiger partial charge >= 0.3 is 0 Å². The fourth-order valence-electron chi connectivity index (χ4n) is 2.75. The smallest absolute Gasteiger partial charge is 0.243 e. The Morgan fingerprint density at radius 2 is 2.07 bits per heavy atom. The first-order chi connectivity index (χ1) is 13.1. The Bertz CT molecular complexity index is 723. The summed E-state index contributed by atoms with van der Waals surface area (Å²) in [6, 6.07) is 7.55. The van der Waals surface area contributed by atoms with E-state index >= 15 is 0 Å². The molecule has 1 aliphatic rings. The fraction of sp³-hybridized carbons (Fsp3) is 0.474. The lowest BCUT2D eigenvalue weighted by Gasteiger charge is -2.23. The number of nitrogens with zero attached hydrogens (tertiary/aromatic N) is 4. The molecule has 1 amide bonds. The van der Waals surface area contributed by atoms with E-state index in [2.05, 4.69) is 20.7 Å². The molecule has 7 nitrogen and oxygen atoms in total. The molecule has 144 valence electrons. The van der Waals surface area contributed by atoms with Crippen LogP contribution in [0.2, 0.25) is 5.02 Å². The molecule has 0 aliphatic carbocycles. The molecular weight excluding hydrogens is 364 g/mol. The van der Waals surface area contributed by atoms with Crippen molar-refractivity contribution in [3.8, 4) is 6.19 Å². The number of nitriles is 1.